The normalized spacial score (nSPS) is 13.8. The van der Waals surface area contributed by atoms with Crippen LogP contribution in [0.25, 0.3) is 11.3 Å². The quantitative estimate of drug-likeness (QED) is 0.189. The van der Waals surface area contributed by atoms with Gasteiger partial charge in [-0.25, -0.2) is 4.79 Å². The average molecular weight is 657 g/mol. The molecule has 5 aromatic rings. The van der Waals surface area contributed by atoms with Crippen molar-refractivity contribution < 1.29 is 24.2 Å². The van der Waals surface area contributed by atoms with E-state index in [0.717, 1.165) is 28.9 Å². The molecule has 0 spiro atoms. The van der Waals surface area contributed by atoms with Crippen molar-refractivity contribution in [2.75, 3.05) is 18.5 Å². The summed E-state index contributed by atoms with van der Waals surface area (Å²) in [4.78, 5) is 44.1. The molecule has 0 fully saturated rings. The molecular formula is C40H40N4O5. The third-order valence-electron chi connectivity index (χ3n) is 9.30. The van der Waals surface area contributed by atoms with E-state index in [2.05, 4.69) is 24.4 Å². The number of ether oxygens (including phenoxy) is 1. The standard InChI is InChI=1S/C40H40N4O5/c1-26-22-29-10-8-9-11-30(29)25-44(26)39(47)34-19-14-28(20-21-41-40(48)49-33-12-6-5-7-13-33)23-36(34)37-24-35(27(2)42(37)3)38(46)43(4)31-15-17-32(45)18-16-31/h5-19,23-24,26,45H,20-22,25H2,1-4H3,(H,41,48)/t26-/m1/s1. The van der Waals surface area contributed by atoms with Crippen molar-refractivity contribution in [3.8, 4) is 22.8 Å². The Balaban J connectivity index is 1.32. The largest absolute Gasteiger partial charge is 0.508 e. The first kappa shape index (κ1) is 33.1. The van der Waals surface area contributed by atoms with E-state index in [1.165, 1.54) is 5.56 Å². The van der Waals surface area contributed by atoms with Gasteiger partial charge in [0.1, 0.15) is 11.5 Å². The Morgan fingerprint density at radius 2 is 1.59 bits per heavy atom. The number of fused-ring (bicyclic) bond motifs is 1. The van der Waals surface area contributed by atoms with Crippen LogP contribution in [0, 0.1) is 6.92 Å². The number of aromatic hydroxyl groups is 1. The van der Waals surface area contributed by atoms with Gasteiger partial charge in [0.05, 0.1) is 5.56 Å². The number of benzene rings is 4. The highest BCUT2D eigenvalue weighted by Gasteiger charge is 2.30. The van der Waals surface area contributed by atoms with Crippen LogP contribution in [-0.4, -0.2) is 52.1 Å². The summed E-state index contributed by atoms with van der Waals surface area (Å²) in [5, 5.41) is 12.5. The molecule has 0 saturated carbocycles. The Morgan fingerprint density at radius 3 is 2.33 bits per heavy atom. The van der Waals surface area contributed by atoms with Gasteiger partial charge < -0.3 is 29.5 Å². The lowest BCUT2D eigenvalue weighted by atomic mass is 9.92. The van der Waals surface area contributed by atoms with Gasteiger partial charge in [-0.15, -0.1) is 0 Å². The summed E-state index contributed by atoms with van der Waals surface area (Å²) in [5.74, 6) is 0.285. The Labute approximate surface area is 286 Å². The first-order valence-electron chi connectivity index (χ1n) is 16.4. The van der Waals surface area contributed by atoms with E-state index < -0.39 is 6.09 Å². The zero-order valence-electron chi connectivity index (χ0n) is 28.1. The van der Waals surface area contributed by atoms with Crippen molar-refractivity contribution in [2.45, 2.75) is 39.3 Å². The highest BCUT2D eigenvalue weighted by Crippen LogP contribution is 2.33. The second kappa shape index (κ2) is 14.1. The number of phenols is 1. The van der Waals surface area contributed by atoms with Gasteiger partial charge in [-0.05, 0) is 98.0 Å². The lowest BCUT2D eigenvalue weighted by Crippen LogP contribution is -2.42. The smallest absolute Gasteiger partial charge is 0.412 e. The van der Waals surface area contributed by atoms with E-state index in [0.29, 0.717) is 47.6 Å². The molecule has 0 bridgehead atoms. The Kier molecular flexibility index (Phi) is 9.53. The Hall–Kier alpha value is -5.83. The lowest BCUT2D eigenvalue weighted by Gasteiger charge is -2.35. The van der Waals surface area contributed by atoms with Crippen molar-refractivity contribution in [3.63, 3.8) is 0 Å². The zero-order chi connectivity index (χ0) is 34.7. The number of hydrogen-bond donors (Lipinski definition) is 2. The number of aromatic nitrogens is 1. The number of nitrogens with zero attached hydrogens (tertiary/aromatic N) is 3. The van der Waals surface area contributed by atoms with Gasteiger partial charge in [-0.2, -0.15) is 0 Å². The first-order valence-corrected chi connectivity index (χ1v) is 16.4. The maximum atomic E-state index is 14.4. The van der Waals surface area contributed by atoms with Crippen LogP contribution in [0.5, 0.6) is 11.5 Å². The number of carbonyl (C=O) groups is 3. The summed E-state index contributed by atoms with van der Waals surface area (Å²) in [5.41, 5.74) is 7.18. The molecule has 4 aromatic carbocycles. The molecule has 2 heterocycles. The molecule has 49 heavy (non-hydrogen) atoms. The monoisotopic (exact) mass is 656 g/mol. The Bertz CT molecular complexity index is 2000. The van der Waals surface area contributed by atoms with Gasteiger partial charge in [-0.3, -0.25) is 9.59 Å². The first-order chi connectivity index (χ1) is 23.6. The summed E-state index contributed by atoms with van der Waals surface area (Å²) in [6.45, 7) is 4.80. The minimum absolute atomic E-state index is 0.000925. The molecule has 9 heteroatoms. The predicted octanol–water partition coefficient (Wildman–Crippen LogP) is 6.90. The van der Waals surface area contributed by atoms with E-state index in [1.807, 2.05) is 65.9 Å². The number of rotatable bonds is 8. The predicted molar refractivity (Wildman–Crippen MR) is 190 cm³/mol. The molecule has 0 unspecified atom stereocenters. The molecule has 2 N–H and O–H groups in total. The minimum Gasteiger partial charge on any atom is -0.508 e. The van der Waals surface area contributed by atoms with Gasteiger partial charge in [0.15, 0.2) is 0 Å². The van der Waals surface area contributed by atoms with Crippen molar-refractivity contribution >= 4 is 23.6 Å². The molecule has 3 amide bonds. The zero-order valence-corrected chi connectivity index (χ0v) is 28.1. The fraction of sp³-hybridized carbons (Fsp3) is 0.225. The number of nitrogens with one attached hydrogen (secondary N) is 1. The van der Waals surface area contributed by atoms with Crippen molar-refractivity contribution in [3.05, 3.63) is 137 Å². The molecule has 0 aliphatic carbocycles. The number of amides is 3. The van der Waals surface area contributed by atoms with Crippen molar-refractivity contribution in [1.29, 1.82) is 0 Å². The van der Waals surface area contributed by atoms with Crippen LogP contribution in [0.4, 0.5) is 10.5 Å². The topological polar surface area (TPSA) is 104 Å². The van der Waals surface area contributed by atoms with Crippen LogP contribution in [0.15, 0.2) is 103 Å². The van der Waals surface area contributed by atoms with E-state index in [4.69, 9.17) is 4.74 Å². The van der Waals surface area contributed by atoms with E-state index in [1.54, 1.807) is 60.5 Å². The Morgan fingerprint density at radius 1 is 0.898 bits per heavy atom. The van der Waals surface area contributed by atoms with Crippen LogP contribution in [0.2, 0.25) is 0 Å². The summed E-state index contributed by atoms with van der Waals surface area (Å²) in [6, 6.07) is 31.2. The fourth-order valence-corrected chi connectivity index (χ4v) is 6.34. The lowest BCUT2D eigenvalue weighted by molar-refractivity contribution is 0.0659. The third-order valence-corrected chi connectivity index (χ3v) is 9.30. The molecule has 1 aromatic heterocycles. The maximum absolute atomic E-state index is 14.4. The molecule has 0 saturated heterocycles. The molecule has 0 radical (unpaired) electrons. The van der Waals surface area contributed by atoms with Crippen molar-refractivity contribution in [1.82, 2.24) is 14.8 Å². The van der Waals surface area contributed by atoms with Gasteiger partial charge in [0.2, 0.25) is 0 Å². The molecule has 6 rings (SSSR count). The fourth-order valence-electron chi connectivity index (χ4n) is 6.34. The van der Waals surface area contributed by atoms with Crippen LogP contribution in [0.1, 0.15) is 50.0 Å². The second-order valence-electron chi connectivity index (χ2n) is 12.5. The van der Waals surface area contributed by atoms with Gasteiger partial charge in [0.25, 0.3) is 11.8 Å². The highest BCUT2D eigenvalue weighted by molar-refractivity contribution is 6.08. The number of para-hydroxylation sites is 1. The summed E-state index contributed by atoms with van der Waals surface area (Å²) < 4.78 is 7.30. The SMILES string of the molecule is Cc1c(C(=O)N(C)c2ccc(O)cc2)cc(-c2cc(CCNC(=O)Oc3ccccc3)ccc2C(=O)N2Cc3ccccc3C[C@H]2C)n1C. The summed E-state index contributed by atoms with van der Waals surface area (Å²) >= 11 is 0. The summed E-state index contributed by atoms with van der Waals surface area (Å²) in [6.07, 6.45) is 0.722. The van der Waals surface area contributed by atoms with Gasteiger partial charge >= 0.3 is 6.09 Å². The molecule has 250 valence electrons. The molecule has 1 aliphatic rings. The molecule has 1 atom stereocenters. The number of anilines is 1. The van der Waals surface area contributed by atoms with Crippen LogP contribution in [-0.2, 0) is 26.4 Å². The van der Waals surface area contributed by atoms with Crippen LogP contribution >= 0.6 is 0 Å². The van der Waals surface area contributed by atoms with E-state index >= 15 is 0 Å². The highest BCUT2D eigenvalue weighted by atomic mass is 16.6. The van der Waals surface area contributed by atoms with Gasteiger partial charge in [0, 0.05) is 61.4 Å². The second-order valence-corrected chi connectivity index (χ2v) is 12.5. The molecule has 9 nitrogen and oxygen atoms in total. The number of phenolic OH excluding ortho intramolecular Hbond substituents is 1. The molecule has 1 aliphatic heterocycles. The van der Waals surface area contributed by atoms with Gasteiger partial charge in [-0.1, -0.05) is 48.5 Å². The number of hydrogen-bond acceptors (Lipinski definition) is 5. The van der Waals surface area contributed by atoms with E-state index in [9.17, 15) is 19.5 Å². The maximum Gasteiger partial charge on any atom is 0.412 e. The van der Waals surface area contributed by atoms with Crippen molar-refractivity contribution in [2.24, 2.45) is 7.05 Å². The molecular weight excluding hydrogens is 616 g/mol. The minimum atomic E-state index is -0.545. The summed E-state index contributed by atoms with van der Waals surface area (Å²) in [7, 11) is 3.59. The third kappa shape index (κ3) is 7.06. The number of carbonyl (C=O) groups excluding carboxylic acids is 3. The van der Waals surface area contributed by atoms with Crippen LogP contribution in [0.3, 0.4) is 0 Å². The van der Waals surface area contributed by atoms with E-state index in [-0.39, 0.29) is 23.6 Å². The average Bonchev–Trinajstić information content (AvgIpc) is 3.40. The van der Waals surface area contributed by atoms with Crippen LogP contribution < -0.4 is 15.0 Å².